The molecule has 44 heavy (non-hydrogen) atoms. The molecule has 0 aromatic heterocycles. The van der Waals surface area contributed by atoms with Gasteiger partial charge in [-0.1, -0.05) is 109 Å². The first-order valence-electron chi connectivity index (χ1n) is 15.0. The molecule has 0 aliphatic heterocycles. The standard InChI is InChI=1S/C42H30N2/c1-5-16-33(17-6-1)43(34-18-7-2-8-19-34)41-26-14-24-37-38(41)28-27-32-30-40-31(29-39(32)37)15-13-25-42(40)44(35-20-9-3-10-21-35)36-22-11-4-12-23-36/h1-30H. The topological polar surface area (TPSA) is 6.48 Å². The second-order valence-corrected chi connectivity index (χ2v) is 11.0. The zero-order valence-corrected chi connectivity index (χ0v) is 24.2. The number of fused-ring (bicyclic) bond motifs is 4. The second kappa shape index (κ2) is 11.1. The molecule has 0 saturated carbocycles. The Kier molecular flexibility index (Phi) is 6.51. The van der Waals surface area contributed by atoms with Crippen LogP contribution in [0.15, 0.2) is 182 Å². The van der Waals surface area contributed by atoms with Gasteiger partial charge < -0.3 is 9.80 Å². The van der Waals surface area contributed by atoms with Crippen molar-refractivity contribution in [1.29, 1.82) is 0 Å². The number of anilines is 6. The summed E-state index contributed by atoms with van der Waals surface area (Å²) >= 11 is 0. The Morgan fingerprint density at radius 2 is 0.659 bits per heavy atom. The van der Waals surface area contributed by atoms with Crippen molar-refractivity contribution in [2.45, 2.75) is 0 Å². The highest BCUT2D eigenvalue weighted by atomic mass is 15.1. The fraction of sp³-hybridized carbons (Fsp3) is 0. The first kappa shape index (κ1) is 25.8. The maximum atomic E-state index is 2.36. The molecule has 0 aliphatic carbocycles. The molecule has 0 fully saturated rings. The number of para-hydroxylation sites is 4. The lowest BCUT2D eigenvalue weighted by Gasteiger charge is -2.27. The van der Waals surface area contributed by atoms with Crippen LogP contribution in [-0.4, -0.2) is 0 Å². The molecule has 0 spiro atoms. The van der Waals surface area contributed by atoms with Crippen molar-refractivity contribution >= 4 is 66.4 Å². The van der Waals surface area contributed by atoms with Gasteiger partial charge in [-0.05, 0) is 94.3 Å². The largest absolute Gasteiger partial charge is 0.310 e. The summed E-state index contributed by atoms with van der Waals surface area (Å²) < 4.78 is 0. The van der Waals surface area contributed by atoms with Crippen LogP contribution in [0.25, 0.3) is 32.3 Å². The molecule has 0 heterocycles. The Balaban J connectivity index is 1.34. The number of hydrogen-bond acceptors (Lipinski definition) is 2. The Labute approximate surface area is 257 Å². The number of rotatable bonds is 6. The van der Waals surface area contributed by atoms with Crippen LogP contribution in [0.4, 0.5) is 34.1 Å². The van der Waals surface area contributed by atoms with E-state index < -0.39 is 0 Å². The maximum absolute atomic E-state index is 2.36. The van der Waals surface area contributed by atoms with Crippen molar-refractivity contribution in [3.63, 3.8) is 0 Å². The molecule has 0 unspecified atom stereocenters. The summed E-state index contributed by atoms with van der Waals surface area (Å²) in [6.45, 7) is 0. The molecule has 0 amide bonds. The number of hydrogen-bond donors (Lipinski definition) is 0. The van der Waals surface area contributed by atoms with Gasteiger partial charge in [-0.25, -0.2) is 0 Å². The van der Waals surface area contributed by atoms with E-state index in [2.05, 4.69) is 192 Å². The Hall–Kier alpha value is -5.86. The SMILES string of the molecule is c1ccc(N(c2ccccc2)c2cccc3cc4c(ccc5c(N(c6ccccc6)c6ccccc6)cccc54)cc23)cc1. The molecule has 0 N–H and O–H groups in total. The highest BCUT2D eigenvalue weighted by Gasteiger charge is 2.18. The van der Waals surface area contributed by atoms with Crippen LogP contribution in [0.1, 0.15) is 0 Å². The van der Waals surface area contributed by atoms with Gasteiger partial charge in [0, 0.05) is 33.5 Å². The van der Waals surface area contributed by atoms with Crippen LogP contribution >= 0.6 is 0 Å². The molecule has 208 valence electrons. The van der Waals surface area contributed by atoms with Gasteiger partial charge in [-0.3, -0.25) is 0 Å². The second-order valence-electron chi connectivity index (χ2n) is 11.0. The highest BCUT2D eigenvalue weighted by Crippen LogP contribution is 2.43. The molecule has 8 aromatic carbocycles. The summed E-state index contributed by atoms with van der Waals surface area (Å²) in [7, 11) is 0. The summed E-state index contributed by atoms with van der Waals surface area (Å²) in [6, 6.07) is 65.1. The Bertz CT molecular complexity index is 2040. The quantitative estimate of drug-likeness (QED) is 0.147. The zero-order chi connectivity index (χ0) is 29.3. The summed E-state index contributed by atoms with van der Waals surface area (Å²) in [5.41, 5.74) is 6.87. The van der Waals surface area contributed by atoms with Gasteiger partial charge in [0.1, 0.15) is 0 Å². The monoisotopic (exact) mass is 562 g/mol. The molecule has 8 rings (SSSR count). The third-order valence-electron chi connectivity index (χ3n) is 8.37. The molecule has 0 saturated heterocycles. The minimum atomic E-state index is 1.14. The molecule has 0 aliphatic rings. The third kappa shape index (κ3) is 4.54. The first-order chi connectivity index (χ1) is 21.8. The van der Waals surface area contributed by atoms with Gasteiger partial charge in [-0.15, -0.1) is 0 Å². The maximum Gasteiger partial charge on any atom is 0.0540 e. The number of nitrogens with zero attached hydrogens (tertiary/aromatic N) is 2. The van der Waals surface area contributed by atoms with Crippen LogP contribution in [0.5, 0.6) is 0 Å². The zero-order valence-electron chi connectivity index (χ0n) is 24.2. The van der Waals surface area contributed by atoms with E-state index in [1.54, 1.807) is 0 Å². The Morgan fingerprint density at radius 1 is 0.250 bits per heavy atom. The smallest absolute Gasteiger partial charge is 0.0540 e. The molecule has 2 heteroatoms. The van der Waals surface area contributed by atoms with Gasteiger partial charge in [-0.2, -0.15) is 0 Å². The number of benzene rings is 8. The summed E-state index contributed by atoms with van der Waals surface area (Å²) in [5.74, 6) is 0. The van der Waals surface area contributed by atoms with Crippen LogP contribution in [0.2, 0.25) is 0 Å². The van der Waals surface area contributed by atoms with Crippen molar-refractivity contribution in [2.75, 3.05) is 9.80 Å². The van der Waals surface area contributed by atoms with Crippen molar-refractivity contribution in [1.82, 2.24) is 0 Å². The predicted molar refractivity (Wildman–Crippen MR) is 188 cm³/mol. The van der Waals surface area contributed by atoms with Gasteiger partial charge in [0.25, 0.3) is 0 Å². The minimum Gasteiger partial charge on any atom is -0.310 e. The first-order valence-corrected chi connectivity index (χ1v) is 15.0. The van der Waals surface area contributed by atoms with Crippen molar-refractivity contribution in [3.05, 3.63) is 182 Å². The molecule has 0 atom stereocenters. The fourth-order valence-corrected chi connectivity index (χ4v) is 6.39. The molecular formula is C42H30N2. The average molecular weight is 563 g/mol. The lowest BCUT2D eigenvalue weighted by atomic mass is 9.96. The average Bonchev–Trinajstić information content (AvgIpc) is 3.10. The van der Waals surface area contributed by atoms with E-state index in [9.17, 15) is 0 Å². The molecule has 0 radical (unpaired) electrons. The fourth-order valence-electron chi connectivity index (χ4n) is 6.39. The molecular weight excluding hydrogens is 532 g/mol. The van der Waals surface area contributed by atoms with E-state index in [1.807, 2.05) is 0 Å². The van der Waals surface area contributed by atoms with Crippen molar-refractivity contribution in [2.24, 2.45) is 0 Å². The predicted octanol–water partition coefficient (Wildman–Crippen LogP) is 12.1. The van der Waals surface area contributed by atoms with E-state index >= 15 is 0 Å². The molecule has 8 aromatic rings. The lowest BCUT2D eigenvalue weighted by molar-refractivity contribution is 1.30. The van der Waals surface area contributed by atoms with E-state index in [-0.39, 0.29) is 0 Å². The van der Waals surface area contributed by atoms with Crippen molar-refractivity contribution < 1.29 is 0 Å². The minimum absolute atomic E-state index is 1.14. The van der Waals surface area contributed by atoms with Gasteiger partial charge in [0.2, 0.25) is 0 Å². The van der Waals surface area contributed by atoms with Gasteiger partial charge >= 0.3 is 0 Å². The lowest BCUT2D eigenvalue weighted by Crippen LogP contribution is -2.10. The third-order valence-corrected chi connectivity index (χ3v) is 8.37. The van der Waals surface area contributed by atoms with Crippen LogP contribution < -0.4 is 9.80 Å². The van der Waals surface area contributed by atoms with Crippen LogP contribution in [-0.2, 0) is 0 Å². The van der Waals surface area contributed by atoms with E-state index in [4.69, 9.17) is 0 Å². The molecule has 0 bridgehead atoms. The summed E-state index contributed by atoms with van der Waals surface area (Å²) in [5, 5.41) is 7.37. The van der Waals surface area contributed by atoms with Gasteiger partial charge in [0.05, 0.1) is 11.4 Å². The van der Waals surface area contributed by atoms with E-state index in [0.717, 1.165) is 34.1 Å². The van der Waals surface area contributed by atoms with E-state index in [1.165, 1.54) is 32.3 Å². The molecule has 2 nitrogen and oxygen atoms in total. The van der Waals surface area contributed by atoms with E-state index in [0.29, 0.717) is 0 Å². The normalized spacial score (nSPS) is 11.2. The van der Waals surface area contributed by atoms with Crippen LogP contribution in [0, 0.1) is 0 Å². The Morgan fingerprint density at radius 3 is 1.16 bits per heavy atom. The summed E-state index contributed by atoms with van der Waals surface area (Å²) in [4.78, 5) is 4.70. The van der Waals surface area contributed by atoms with Crippen molar-refractivity contribution in [3.8, 4) is 0 Å². The highest BCUT2D eigenvalue weighted by molar-refractivity contribution is 6.17. The summed E-state index contributed by atoms with van der Waals surface area (Å²) in [6.07, 6.45) is 0. The van der Waals surface area contributed by atoms with Crippen LogP contribution in [0.3, 0.4) is 0 Å². The van der Waals surface area contributed by atoms with Gasteiger partial charge in [0.15, 0.2) is 0 Å².